The molecule has 0 aromatic carbocycles. The number of carbonyl (C=O) groups excluding carboxylic acids is 1. The number of rotatable bonds is 4. The van der Waals surface area contributed by atoms with Gasteiger partial charge in [0.1, 0.15) is 0 Å². The Kier molecular flexibility index (Phi) is 4.18. The monoisotopic (exact) mass is 252 g/mol. The molecule has 1 unspecified atom stereocenters. The Balaban J connectivity index is 2.02. The first kappa shape index (κ1) is 12.6. The molecule has 3 nitrogen and oxygen atoms in total. The van der Waals surface area contributed by atoms with Crippen LogP contribution >= 0.6 is 11.3 Å². The lowest BCUT2D eigenvalue weighted by molar-refractivity contribution is 0.0755. The average Bonchev–Trinajstić information content (AvgIpc) is 2.96. The van der Waals surface area contributed by atoms with Gasteiger partial charge in [-0.25, -0.2) is 0 Å². The zero-order valence-corrected chi connectivity index (χ0v) is 11.3. The van der Waals surface area contributed by atoms with E-state index in [1.165, 1.54) is 12.8 Å². The van der Waals surface area contributed by atoms with Crippen molar-refractivity contribution in [2.24, 2.45) is 0 Å². The van der Waals surface area contributed by atoms with Gasteiger partial charge in [-0.05, 0) is 50.2 Å². The highest BCUT2D eigenvalue weighted by Crippen LogP contribution is 2.18. The van der Waals surface area contributed by atoms with Crippen molar-refractivity contribution in [3.63, 3.8) is 0 Å². The van der Waals surface area contributed by atoms with Crippen LogP contribution in [0.1, 0.15) is 35.0 Å². The molecule has 1 atom stereocenters. The van der Waals surface area contributed by atoms with Crippen LogP contribution in [-0.2, 0) is 0 Å². The molecule has 1 aromatic heterocycles. The van der Waals surface area contributed by atoms with Crippen molar-refractivity contribution < 1.29 is 4.79 Å². The molecule has 1 saturated heterocycles. The third-order valence-corrected chi connectivity index (χ3v) is 4.33. The summed E-state index contributed by atoms with van der Waals surface area (Å²) < 4.78 is 0. The molecule has 2 heterocycles. The summed E-state index contributed by atoms with van der Waals surface area (Å²) >= 11 is 1.55. The molecule has 0 spiro atoms. The standard InChI is InChI=1S/C13H20N2OS/c1-3-15(9-11-5-4-7-14-11)13(16)12-10(2)6-8-17-12/h6,8,11,14H,3-5,7,9H2,1-2H3. The number of hydrogen-bond acceptors (Lipinski definition) is 3. The molecular formula is C13H20N2OS. The summed E-state index contributed by atoms with van der Waals surface area (Å²) in [5, 5.41) is 5.44. The Morgan fingerprint density at radius 3 is 3.00 bits per heavy atom. The van der Waals surface area contributed by atoms with Crippen molar-refractivity contribution in [3.05, 3.63) is 21.9 Å². The predicted octanol–water partition coefficient (Wildman–Crippen LogP) is 2.27. The number of thiophene rings is 1. The third-order valence-electron chi connectivity index (χ3n) is 3.33. The maximum Gasteiger partial charge on any atom is 0.264 e. The highest BCUT2D eigenvalue weighted by molar-refractivity contribution is 7.12. The van der Waals surface area contributed by atoms with Gasteiger partial charge in [-0.1, -0.05) is 0 Å². The Labute approximate surface area is 107 Å². The summed E-state index contributed by atoms with van der Waals surface area (Å²) in [5.74, 6) is 0.189. The van der Waals surface area contributed by atoms with E-state index in [9.17, 15) is 4.79 Å². The lowest BCUT2D eigenvalue weighted by atomic mass is 10.2. The van der Waals surface area contributed by atoms with Gasteiger partial charge in [0.05, 0.1) is 4.88 Å². The summed E-state index contributed by atoms with van der Waals surface area (Å²) in [4.78, 5) is 15.2. The van der Waals surface area contributed by atoms with Gasteiger partial charge in [0.15, 0.2) is 0 Å². The van der Waals surface area contributed by atoms with Crippen molar-refractivity contribution >= 4 is 17.2 Å². The van der Waals surface area contributed by atoms with E-state index in [2.05, 4.69) is 12.2 Å². The molecule has 94 valence electrons. The van der Waals surface area contributed by atoms with Gasteiger partial charge in [0.25, 0.3) is 5.91 Å². The molecule has 0 aliphatic carbocycles. The number of nitrogens with zero attached hydrogens (tertiary/aromatic N) is 1. The van der Waals surface area contributed by atoms with Gasteiger partial charge in [0.2, 0.25) is 0 Å². The lowest BCUT2D eigenvalue weighted by Gasteiger charge is -2.24. The van der Waals surface area contributed by atoms with Crippen LogP contribution in [0, 0.1) is 6.92 Å². The normalized spacial score (nSPS) is 19.5. The van der Waals surface area contributed by atoms with E-state index >= 15 is 0 Å². The molecule has 1 aromatic rings. The van der Waals surface area contributed by atoms with Crippen LogP contribution in [0.3, 0.4) is 0 Å². The van der Waals surface area contributed by atoms with Crippen LogP contribution in [0.4, 0.5) is 0 Å². The zero-order chi connectivity index (χ0) is 12.3. The fourth-order valence-electron chi connectivity index (χ4n) is 2.27. The predicted molar refractivity (Wildman–Crippen MR) is 71.7 cm³/mol. The van der Waals surface area contributed by atoms with Crippen molar-refractivity contribution in [1.29, 1.82) is 0 Å². The first-order valence-electron chi connectivity index (χ1n) is 6.29. The van der Waals surface area contributed by atoms with E-state index in [-0.39, 0.29) is 5.91 Å². The minimum absolute atomic E-state index is 0.189. The number of nitrogens with one attached hydrogen (secondary N) is 1. The van der Waals surface area contributed by atoms with Crippen LogP contribution in [0.25, 0.3) is 0 Å². The Bertz CT molecular complexity index is 383. The molecule has 0 bridgehead atoms. The number of aryl methyl sites for hydroxylation is 1. The molecule has 4 heteroatoms. The summed E-state index contributed by atoms with van der Waals surface area (Å²) in [5.41, 5.74) is 1.10. The minimum atomic E-state index is 0.189. The first-order chi connectivity index (χ1) is 8.22. The first-order valence-corrected chi connectivity index (χ1v) is 7.17. The Hall–Kier alpha value is -0.870. The van der Waals surface area contributed by atoms with E-state index in [1.54, 1.807) is 11.3 Å². The second-order valence-corrected chi connectivity index (χ2v) is 5.49. The molecular weight excluding hydrogens is 232 g/mol. The van der Waals surface area contributed by atoms with Crippen LogP contribution in [0.15, 0.2) is 11.4 Å². The smallest absolute Gasteiger partial charge is 0.264 e. The maximum absolute atomic E-state index is 12.4. The summed E-state index contributed by atoms with van der Waals surface area (Å²) in [6.07, 6.45) is 2.42. The van der Waals surface area contributed by atoms with Gasteiger partial charge >= 0.3 is 0 Å². The zero-order valence-electron chi connectivity index (χ0n) is 10.5. The van der Waals surface area contributed by atoms with Gasteiger partial charge in [0, 0.05) is 19.1 Å². The van der Waals surface area contributed by atoms with Crippen LogP contribution in [-0.4, -0.2) is 36.5 Å². The average molecular weight is 252 g/mol. The Morgan fingerprint density at radius 2 is 2.47 bits per heavy atom. The topological polar surface area (TPSA) is 32.3 Å². The number of amides is 1. The summed E-state index contributed by atoms with van der Waals surface area (Å²) in [7, 11) is 0. The van der Waals surface area contributed by atoms with Crippen molar-refractivity contribution in [3.8, 4) is 0 Å². The van der Waals surface area contributed by atoms with E-state index in [4.69, 9.17) is 0 Å². The molecule has 1 N–H and O–H groups in total. The number of likely N-dealkylation sites (N-methyl/N-ethyl adjacent to an activating group) is 1. The molecule has 1 aliphatic heterocycles. The van der Waals surface area contributed by atoms with E-state index in [0.717, 1.165) is 30.1 Å². The van der Waals surface area contributed by atoms with Crippen LogP contribution in [0.5, 0.6) is 0 Å². The van der Waals surface area contributed by atoms with Gasteiger partial charge in [-0.2, -0.15) is 0 Å². The number of carbonyl (C=O) groups is 1. The molecule has 0 radical (unpaired) electrons. The van der Waals surface area contributed by atoms with Crippen molar-refractivity contribution in [1.82, 2.24) is 10.2 Å². The molecule has 0 saturated carbocycles. The maximum atomic E-state index is 12.4. The second kappa shape index (κ2) is 5.65. The van der Waals surface area contributed by atoms with Crippen LogP contribution < -0.4 is 5.32 Å². The van der Waals surface area contributed by atoms with Crippen molar-refractivity contribution in [2.45, 2.75) is 32.7 Å². The van der Waals surface area contributed by atoms with Gasteiger partial charge < -0.3 is 10.2 Å². The quantitative estimate of drug-likeness (QED) is 0.891. The molecule has 1 amide bonds. The highest BCUT2D eigenvalue weighted by atomic mass is 32.1. The lowest BCUT2D eigenvalue weighted by Crippen LogP contribution is -2.40. The van der Waals surface area contributed by atoms with Gasteiger partial charge in [-0.15, -0.1) is 11.3 Å². The summed E-state index contributed by atoms with van der Waals surface area (Å²) in [6.45, 7) is 6.77. The summed E-state index contributed by atoms with van der Waals surface area (Å²) in [6, 6.07) is 2.50. The SMILES string of the molecule is CCN(CC1CCCN1)C(=O)c1sccc1C. The Morgan fingerprint density at radius 1 is 1.65 bits per heavy atom. The van der Waals surface area contributed by atoms with E-state index < -0.39 is 0 Å². The second-order valence-electron chi connectivity index (χ2n) is 4.57. The molecule has 1 aliphatic rings. The molecule has 2 rings (SSSR count). The third kappa shape index (κ3) is 2.87. The highest BCUT2D eigenvalue weighted by Gasteiger charge is 2.22. The van der Waals surface area contributed by atoms with Crippen LogP contribution in [0.2, 0.25) is 0 Å². The molecule has 1 fully saturated rings. The number of hydrogen-bond donors (Lipinski definition) is 1. The van der Waals surface area contributed by atoms with E-state index in [0.29, 0.717) is 6.04 Å². The fraction of sp³-hybridized carbons (Fsp3) is 0.615. The fourth-order valence-corrected chi connectivity index (χ4v) is 3.16. The van der Waals surface area contributed by atoms with Gasteiger partial charge in [-0.3, -0.25) is 4.79 Å². The molecule has 17 heavy (non-hydrogen) atoms. The largest absolute Gasteiger partial charge is 0.337 e. The minimum Gasteiger partial charge on any atom is -0.337 e. The van der Waals surface area contributed by atoms with Crippen molar-refractivity contribution in [2.75, 3.05) is 19.6 Å². The van der Waals surface area contributed by atoms with E-state index in [1.807, 2.05) is 23.3 Å².